The van der Waals surface area contributed by atoms with Crippen LogP contribution in [0, 0.1) is 0 Å². The molecule has 0 aromatic heterocycles. The van der Waals surface area contributed by atoms with Crippen molar-refractivity contribution in [3.05, 3.63) is 29.0 Å². The fourth-order valence-corrected chi connectivity index (χ4v) is 3.80. The number of hydrogen-bond acceptors (Lipinski definition) is 2. The van der Waals surface area contributed by atoms with Gasteiger partial charge in [0.2, 0.25) is 0 Å². The molecule has 0 aliphatic rings. The molecule has 0 fully saturated rings. The summed E-state index contributed by atoms with van der Waals surface area (Å²) < 4.78 is 0.694. The van der Waals surface area contributed by atoms with Crippen LogP contribution in [0.25, 0.3) is 0 Å². The average Bonchev–Trinajstić information content (AvgIpc) is 2.14. The lowest BCUT2D eigenvalue weighted by Crippen LogP contribution is -2.07. The van der Waals surface area contributed by atoms with E-state index < -0.39 is 11.9 Å². The first-order chi connectivity index (χ1) is 7.29. The van der Waals surface area contributed by atoms with Gasteiger partial charge in [0.25, 0.3) is 0 Å². The highest BCUT2D eigenvalue weighted by Gasteiger charge is 2.26. The lowest BCUT2D eigenvalue weighted by Gasteiger charge is -2.11. The molecule has 0 saturated heterocycles. The Labute approximate surface area is 135 Å². The first kappa shape index (κ1) is 20.3. The van der Waals surface area contributed by atoms with Gasteiger partial charge in [-0.1, -0.05) is 0 Å². The van der Waals surface area contributed by atoms with Crippen molar-refractivity contribution in [2.24, 2.45) is 0 Å². The van der Waals surface area contributed by atoms with E-state index in [1.165, 1.54) is 0 Å². The van der Waals surface area contributed by atoms with Crippen molar-refractivity contribution in [1.82, 2.24) is 0 Å². The molecule has 102 valence electrons. The molecule has 0 saturated carbocycles. The van der Waals surface area contributed by atoms with Crippen LogP contribution in [0.4, 0.5) is 0 Å². The third-order valence-electron chi connectivity index (χ3n) is 1.69. The third-order valence-corrected chi connectivity index (χ3v) is 5.93. The predicted octanol–water partition coefficient (Wildman–Crippen LogP) is 2.48. The van der Waals surface area contributed by atoms with Crippen molar-refractivity contribution in [3.8, 4) is 0 Å². The zero-order valence-electron chi connectivity index (χ0n) is 8.22. The van der Waals surface area contributed by atoms with E-state index in [9.17, 15) is 9.59 Å². The lowest BCUT2D eigenvalue weighted by atomic mass is 10.1. The number of benzene rings is 1. The summed E-state index contributed by atoms with van der Waals surface area (Å²) in [5.74, 6) is -2.34. The number of aromatic carboxylic acids is 2. The minimum atomic E-state index is -1.17. The van der Waals surface area contributed by atoms with Crippen molar-refractivity contribution in [2.45, 2.75) is 0 Å². The molecule has 1 aromatic rings. The highest BCUT2D eigenvalue weighted by atomic mass is 79.9. The second-order valence-corrected chi connectivity index (χ2v) is 5.79. The summed E-state index contributed by atoms with van der Waals surface area (Å²) in [6.45, 7) is 0. The number of rotatable bonds is 2. The molecular weight excluding hydrogens is 512 g/mol. The van der Waals surface area contributed by atoms with E-state index >= 15 is 0 Å². The van der Waals surface area contributed by atoms with Crippen molar-refractivity contribution in [3.63, 3.8) is 0 Å². The molecule has 0 heterocycles. The maximum atomic E-state index is 11.0. The van der Waals surface area contributed by atoms with E-state index in [-0.39, 0.29) is 40.0 Å². The summed E-state index contributed by atoms with van der Waals surface area (Å²) in [5, 5.41) is 18.0. The largest absolute Gasteiger partial charge is 0.478 e. The molecule has 1 rings (SSSR count). The van der Waals surface area contributed by atoms with Gasteiger partial charge in [0.1, 0.15) is 0 Å². The highest BCUT2D eigenvalue weighted by Crippen LogP contribution is 2.41. The van der Waals surface area contributed by atoms with Gasteiger partial charge in [-0.3, -0.25) is 0 Å². The van der Waals surface area contributed by atoms with Crippen LogP contribution >= 0.6 is 63.7 Å². The Morgan fingerprint density at radius 3 is 0.944 bits per heavy atom. The van der Waals surface area contributed by atoms with Crippen LogP contribution in [0.3, 0.4) is 0 Å². The molecule has 0 atom stereocenters. The molecule has 6 N–H and O–H groups in total. The number of carbonyl (C=O) groups is 2. The number of carboxylic acid groups (broad SMARTS) is 2. The predicted molar refractivity (Wildman–Crippen MR) is 78.4 cm³/mol. The molecule has 1 aromatic carbocycles. The third kappa shape index (κ3) is 3.52. The first-order valence-electron chi connectivity index (χ1n) is 3.61. The summed E-state index contributed by atoms with van der Waals surface area (Å²) in [6, 6.07) is 0. The van der Waals surface area contributed by atoms with Gasteiger partial charge < -0.3 is 21.2 Å². The Kier molecular flexibility index (Phi) is 8.53. The van der Waals surface area contributed by atoms with Crippen LogP contribution in [0.5, 0.6) is 0 Å². The van der Waals surface area contributed by atoms with Gasteiger partial charge >= 0.3 is 11.9 Å². The maximum absolute atomic E-state index is 11.0. The summed E-state index contributed by atoms with van der Waals surface area (Å²) in [6.07, 6.45) is 0. The molecule has 6 nitrogen and oxygen atoms in total. The Bertz CT molecular complexity index is 427. The zero-order chi connectivity index (χ0) is 12.6. The highest BCUT2D eigenvalue weighted by molar-refractivity contribution is 9.14. The zero-order valence-corrected chi connectivity index (χ0v) is 14.6. The molecule has 18 heavy (non-hydrogen) atoms. The SMILES string of the molecule is O.O.O=C(O)c1c(Br)c(Br)c(C(=O)O)c(Br)c1Br. The van der Waals surface area contributed by atoms with Gasteiger partial charge in [0.15, 0.2) is 0 Å². The van der Waals surface area contributed by atoms with E-state index in [1.807, 2.05) is 0 Å². The number of halogens is 4. The van der Waals surface area contributed by atoms with Crippen molar-refractivity contribution < 1.29 is 30.8 Å². The summed E-state index contributed by atoms with van der Waals surface area (Å²) in [7, 11) is 0. The topological polar surface area (TPSA) is 138 Å². The molecule has 0 spiro atoms. The van der Waals surface area contributed by atoms with E-state index in [2.05, 4.69) is 63.7 Å². The van der Waals surface area contributed by atoms with Crippen molar-refractivity contribution in [2.75, 3.05) is 0 Å². The van der Waals surface area contributed by atoms with Crippen LogP contribution < -0.4 is 0 Å². The molecule has 10 heteroatoms. The summed E-state index contributed by atoms with van der Waals surface area (Å²) >= 11 is 12.2. The minimum absolute atomic E-state index is 0. The Morgan fingerprint density at radius 2 is 0.833 bits per heavy atom. The first-order valence-corrected chi connectivity index (χ1v) is 6.78. The molecule has 0 aliphatic carbocycles. The van der Waals surface area contributed by atoms with Crippen LogP contribution in [0.15, 0.2) is 17.9 Å². The molecule has 0 bridgehead atoms. The minimum Gasteiger partial charge on any atom is -0.478 e. The smallest absolute Gasteiger partial charge is 0.338 e. The van der Waals surface area contributed by atoms with Crippen molar-refractivity contribution >= 4 is 75.7 Å². The van der Waals surface area contributed by atoms with Gasteiger partial charge in [0.05, 0.1) is 11.1 Å². The lowest BCUT2D eigenvalue weighted by molar-refractivity contribution is 0.0677. The molecule has 0 amide bonds. The second-order valence-electron chi connectivity index (χ2n) is 2.62. The van der Waals surface area contributed by atoms with Crippen molar-refractivity contribution in [1.29, 1.82) is 0 Å². The molecular formula is C8H6Br4O6. The number of hydrogen-bond donors (Lipinski definition) is 2. The van der Waals surface area contributed by atoms with E-state index in [4.69, 9.17) is 10.2 Å². The van der Waals surface area contributed by atoms with Gasteiger partial charge in [-0.2, -0.15) is 0 Å². The van der Waals surface area contributed by atoms with E-state index in [0.717, 1.165) is 0 Å². The van der Waals surface area contributed by atoms with Crippen LogP contribution in [-0.4, -0.2) is 33.1 Å². The van der Waals surface area contributed by atoms with Gasteiger partial charge in [0, 0.05) is 17.9 Å². The fraction of sp³-hybridized carbons (Fsp3) is 0. The van der Waals surface area contributed by atoms with Crippen LogP contribution in [-0.2, 0) is 0 Å². The second kappa shape index (κ2) is 7.56. The molecule has 0 aliphatic heterocycles. The summed E-state index contributed by atoms with van der Waals surface area (Å²) in [4.78, 5) is 22.0. The quantitative estimate of drug-likeness (QED) is 0.582. The Hall–Kier alpha value is -0.000000000000000222. The Morgan fingerprint density at radius 1 is 0.667 bits per heavy atom. The van der Waals surface area contributed by atoms with E-state index in [0.29, 0.717) is 0 Å². The molecule has 0 unspecified atom stereocenters. The normalized spacial score (nSPS) is 9.11. The summed E-state index contributed by atoms with van der Waals surface area (Å²) in [5.41, 5.74) is -0.104. The Balaban J connectivity index is 0. The van der Waals surface area contributed by atoms with E-state index in [1.54, 1.807) is 0 Å². The van der Waals surface area contributed by atoms with Gasteiger partial charge in [-0.15, -0.1) is 0 Å². The van der Waals surface area contributed by atoms with Gasteiger partial charge in [-0.25, -0.2) is 9.59 Å². The van der Waals surface area contributed by atoms with Crippen LogP contribution in [0.1, 0.15) is 20.7 Å². The monoisotopic (exact) mass is 514 g/mol. The van der Waals surface area contributed by atoms with Gasteiger partial charge in [-0.05, 0) is 63.7 Å². The average molecular weight is 518 g/mol. The maximum Gasteiger partial charge on any atom is 0.338 e. The van der Waals surface area contributed by atoms with Crippen LogP contribution in [0.2, 0.25) is 0 Å². The number of carboxylic acids is 2. The molecule has 0 radical (unpaired) electrons. The standard InChI is InChI=1S/C8H2Br4O4.2H2O/c9-3-1(7(13)14)4(10)6(12)2(5(3)11)8(15)16;;/h(H,13,14)(H,15,16);2*1H2. The fourth-order valence-electron chi connectivity index (χ4n) is 1.01.